The monoisotopic (exact) mass is 879 g/mol. The van der Waals surface area contributed by atoms with Gasteiger partial charge in [0.2, 0.25) is 0 Å². The number of rotatable bonds is 12. The number of hydrogen-bond acceptors (Lipinski definition) is 4. The average molecular weight is 880 g/mol. The van der Waals surface area contributed by atoms with Crippen LogP contribution in [0.5, 0.6) is 0 Å². The highest BCUT2D eigenvalue weighted by Crippen LogP contribution is 2.43. The van der Waals surface area contributed by atoms with Gasteiger partial charge in [-0.1, -0.05) is 177 Å². The standard InChI is InChI=1S/C58H53N3O2Si2/c1-64(2,3)51-34-30-49(31-35-51)59(45-15-9-7-10-16-45)47-26-21-42(22-27-47)44-25-38-57(58(41-44)61(62)63)56-40-39-53(54-19-13-14-20-55(54)56)43-23-28-48(29-24-43)60(46-17-11-8-12-18-46)50-32-36-52(37-33-50)65(4,5)6/h7-41H,1-6H3. The average Bonchev–Trinajstić information content (AvgIpc) is 3.32. The first-order valence-corrected chi connectivity index (χ1v) is 29.3. The van der Waals surface area contributed by atoms with Crippen molar-refractivity contribution in [3.05, 3.63) is 222 Å². The van der Waals surface area contributed by atoms with Crippen LogP contribution in [-0.4, -0.2) is 21.1 Å². The minimum absolute atomic E-state index is 0.0705. The summed E-state index contributed by atoms with van der Waals surface area (Å²) in [6.45, 7) is 14.2. The first kappa shape index (κ1) is 42.9. The minimum atomic E-state index is -1.46. The third-order valence-corrected chi connectivity index (χ3v) is 16.4. The van der Waals surface area contributed by atoms with E-state index in [1.165, 1.54) is 10.4 Å². The van der Waals surface area contributed by atoms with E-state index in [2.05, 4.69) is 213 Å². The molecule has 0 amide bonds. The summed E-state index contributed by atoms with van der Waals surface area (Å²) >= 11 is 0. The van der Waals surface area contributed by atoms with Crippen molar-refractivity contribution in [2.75, 3.05) is 9.80 Å². The van der Waals surface area contributed by atoms with Crippen LogP contribution in [0.4, 0.5) is 39.8 Å². The second kappa shape index (κ2) is 17.7. The van der Waals surface area contributed by atoms with E-state index < -0.39 is 16.1 Å². The van der Waals surface area contributed by atoms with E-state index >= 15 is 0 Å². The Morgan fingerprint density at radius 1 is 0.354 bits per heavy atom. The summed E-state index contributed by atoms with van der Waals surface area (Å²) in [6, 6.07) is 73.8. The Morgan fingerprint density at radius 3 is 1.12 bits per heavy atom. The molecule has 0 spiro atoms. The number of fused-ring (bicyclic) bond motifs is 1. The molecular formula is C58H53N3O2Si2. The second-order valence-electron chi connectivity index (χ2n) is 18.7. The van der Waals surface area contributed by atoms with Crippen molar-refractivity contribution in [1.82, 2.24) is 0 Å². The second-order valence-corrected chi connectivity index (χ2v) is 28.9. The molecule has 0 aliphatic heterocycles. The highest BCUT2D eigenvalue weighted by atomic mass is 28.3. The van der Waals surface area contributed by atoms with E-state index in [1.54, 1.807) is 6.07 Å². The maximum Gasteiger partial charge on any atom is 0.277 e. The van der Waals surface area contributed by atoms with Gasteiger partial charge in [-0.05, 0) is 117 Å². The van der Waals surface area contributed by atoms with Gasteiger partial charge in [0.1, 0.15) is 0 Å². The molecule has 0 N–H and O–H groups in total. The van der Waals surface area contributed by atoms with Gasteiger partial charge in [-0.2, -0.15) is 0 Å². The third-order valence-electron chi connectivity index (χ3n) is 12.3. The Kier molecular flexibility index (Phi) is 11.7. The van der Waals surface area contributed by atoms with Gasteiger partial charge in [-0.3, -0.25) is 10.1 Å². The van der Waals surface area contributed by atoms with Crippen LogP contribution in [0.15, 0.2) is 212 Å². The molecule has 320 valence electrons. The molecule has 9 aromatic carbocycles. The molecule has 7 heteroatoms. The SMILES string of the molecule is C[Si](C)(C)c1ccc(N(c2ccccc2)c2ccc(-c3ccc(-c4ccc(-c5ccc(N(c6ccccc6)c6ccc([Si](C)(C)C)cc6)cc5)c5ccccc45)c([N+](=O)[O-])c3)cc2)cc1. The van der Waals surface area contributed by atoms with Gasteiger partial charge in [0.05, 0.1) is 26.6 Å². The van der Waals surface area contributed by atoms with Crippen LogP contribution >= 0.6 is 0 Å². The van der Waals surface area contributed by atoms with Crippen molar-refractivity contribution in [1.29, 1.82) is 0 Å². The van der Waals surface area contributed by atoms with Crippen molar-refractivity contribution >= 4 is 77.1 Å². The molecule has 0 fully saturated rings. The Labute approximate surface area is 385 Å². The molecule has 0 aliphatic rings. The summed E-state index contributed by atoms with van der Waals surface area (Å²) in [4.78, 5) is 17.2. The topological polar surface area (TPSA) is 49.6 Å². The summed E-state index contributed by atoms with van der Waals surface area (Å²) in [5.74, 6) is 0. The van der Waals surface area contributed by atoms with Crippen LogP contribution < -0.4 is 20.2 Å². The molecule has 0 aliphatic carbocycles. The number of anilines is 6. The molecule has 9 aromatic rings. The zero-order valence-corrected chi connectivity index (χ0v) is 39.9. The Bertz CT molecular complexity index is 3110. The van der Waals surface area contributed by atoms with Crippen molar-refractivity contribution in [2.24, 2.45) is 0 Å². The first-order valence-electron chi connectivity index (χ1n) is 22.3. The maximum atomic E-state index is 12.9. The van der Waals surface area contributed by atoms with Crippen molar-refractivity contribution in [3.63, 3.8) is 0 Å². The quantitative estimate of drug-likeness (QED) is 0.0697. The number of hydrogen-bond donors (Lipinski definition) is 0. The van der Waals surface area contributed by atoms with E-state index in [4.69, 9.17) is 0 Å². The van der Waals surface area contributed by atoms with Crippen molar-refractivity contribution in [2.45, 2.75) is 39.3 Å². The smallest absolute Gasteiger partial charge is 0.277 e. The number of nitro benzene ring substituents is 1. The molecule has 0 heterocycles. The molecule has 5 nitrogen and oxygen atoms in total. The zero-order chi connectivity index (χ0) is 45.3. The van der Waals surface area contributed by atoms with Gasteiger partial charge in [-0.25, -0.2) is 0 Å². The predicted octanol–water partition coefficient (Wildman–Crippen LogP) is 15.8. The lowest BCUT2D eigenvalue weighted by molar-refractivity contribution is -0.384. The highest BCUT2D eigenvalue weighted by Gasteiger charge is 2.23. The first-order chi connectivity index (χ1) is 31.3. The molecule has 0 saturated heterocycles. The van der Waals surface area contributed by atoms with E-state index in [0.717, 1.165) is 72.7 Å². The Balaban J connectivity index is 1.03. The minimum Gasteiger partial charge on any atom is -0.311 e. The van der Waals surface area contributed by atoms with Crippen LogP contribution in [0.3, 0.4) is 0 Å². The number of benzene rings is 9. The molecule has 0 aromatic heterocycles. The van der Waals surface area contributed by atoms with Crippen molar-refractivity contribution < 1.29 is 4.92 Å². The lowest BCUT2D eigenvalue weighted by Gasteiger charge is -2.27. The number of nitrogens with zero attached hydrogens (tertiary/aromatic N) is 3. The van der Waals surface area contributed by atoms with Crippen LogP contribution in [0.25, 0.3) is 44.2 Å². The fraction of sp³-hybridized carbons (Fsp3) is 0.103. The lowest BCUT2D eigenvalue weighted by atomic mass is 9.90. The van der Waals surface area contributed by atoms with Crippen LogP contribution in [0, 0.1) is 10.1 Å². The van der Waals surface area contributed by atoms with Crippen LogP contribution in [0.1, 0.15) is 0 Å². The largest absolute Gasteiger partial charge is 0.311 e. The fourth-order valence-corrected chi connectivity index (χ4v) is 11.1. The Hall–Kier alpha value is -7.33. The summed E-state index contributed by atoms with van der Waals surface area (Å²) < 4.78 is 0. The van der Waals surface area contributed by atoms with E-state index in [0.29, 0.717) is 5.56 Å². The van der Waals surface area contributed by atoms with Gasteiger partial charge >= 0.3 is 0 Å². The van der Waals surface area contributed by atoms with E-state index in [9.17, 15) is 10.1 Å². The Morgan fingerprint density at radius 2 is 0.692 bits per heavy atom. The summed E-state index contributed by atoms with van der Waals surface area (Å²) in [7, 11) is -2.91. The highest BCUT2D eigenvalue weighted by molar-refractivity contribution is 6.89. The van der Waals surface area contributed by atoms with Crippen LogP contribution in [0.2, 0.25) is 39.3 Å². The maximum absolute atomic E-state index is 12.9. The summed E-state index contributed by atoms with van der Waals surface area (Å²) in [6.07, 6.45) is 0. The van der Waals surface area contributed by atoms with Gasteiger partial charge in [-0.15, -0.1) is 0 Å². The molecular weight excluding hydrogens is 827 g/mol. The van der Waals surface area contributed by atoms with Gasteiger partial charge in [0.15, 0.2) is 0 Å². The third kappa shape index (κ3) is 8.94. The molecule has 0 atom stereocenters. The van der Waals surface area contributed by atoms with E-state index in [-0.39, 0.29) is 10.6 Å². The normalized spacial score (nSPS) is 11.7. The number of para-hydroxylation sites is 2. The summed E-state index contributed by atoms with van der Waals surface area (Å²) in [5, 5.41) is 17.7. The predicted molar refractivity (Wildman–Crippen MR) is 282 cm³/mol. The number of nitro groups is 1. The molecule has 0 saturated carbocycles. The van der Waals surface area contributed by atoms with Gasteiger partial charge < -0.3 is 9.80 Å². The molecule has 65 heavy (non-hydrogen) atoms. The van der Waals surface area contributed by atoms with Gasteiger partial charge in [0, 0.05) is 40.2 Å². The molecule has 0 bridgehead atoms. The van der Waals surface area contributed by atoms with Crippen molar-refractivity contribution in [3.8, 4) is 33.4 Å². The lowest BCUT2D eigenvalue weighted by Crippen LogP contribution is -2.37. The molecule has 0 unspecified atom stereocenters. The van der Waals surface area contributed by atoms with E-state index in [1.807, 2.05) is 42.5 Å². The fourth-order valence-electron chi connectivity index (χ4n) is 8.74. The zero-order valence-electron chi connectivity index (χ0n) is 37.9. The summed E-state index contributed by atoms with van der Waals surface area (Å²) in [5.41, 5.74) is 11.7. The van der Waals surface area contributed by atoms with Crippen LogP contribution in [-0.2, 0) is 0 Å². The molecule has 0 radical (unpaired) electrons. The molecule has 9 rings (SSSR count). The van der Waals surface area contributed by atoms with Gasteiger partial charge in [0.25, 0.3) is 5.69 Å².